The van der Waals surface area contributed by atoms with Crippen LogP contribution in [-0.4, -0.2) is 23.8 Å². The van der Waals surface area contributed by atoms with Crippen LogP contribution in [-0.2, 0) is 11.2 Å². The summed E-state index contributed by atoms with van der Waals surface area (Å²) in [5.74, 6) is 1.31. The molecule has 0 radical (unpaired) electrons. The van der Waals surface area contributed by atoms with E-state index in [0.29, 0.717) is 23.9 Å². The van der Waals surface area contributed by atoms with Crippen LogP contribution in [0.5, 0.6) is 0 Å². The Balaban J connectivity index is 1.59. The zero-order chi connectivity index (χ0) is 20.1. The van der Waals surface area contributed by atoms with Crippen LogP contribution < -0.4 is 4.90 Å². The lowest BCUT2D eigenvalue weighted by Gasteiger charge is -2.67. The van der Waals surface area contributed by atoms with Crippen molar-refractivity contribution in [2.45, 2.75) is 65.7 Å². The van der Waals surface area contributed by atoms with E-state index in [1.54, 1.807) is 6.07 Å². The van der Waals surface area contributed by atoms with Gasteiger partial charge in [0.2, 0.25) is 0 Å². The standard InChI is InChI=1S/C23H32N2O3/c1-16-7-9-18-15-23(16,22(18,2)3)21(26)14-17-8-10-19(20(13-17)25(27)28)24-11-5-4-6-12-24/h8,10,13,16,18H,4-7,9,11-12,14-15H2,1-3H3. The third-order valence-electron chi connectivity index (χ3n) is 8.32. The summed E-state index contributed by atoms with van der Waals surface area (Å²) in [6, 6.07) is 5.44. The van der Waals surface area contributed by atoms with Gasteiger partial charge in [0.05, 0.1) is 4.92 Å². The highest BCUT2D eigenvalue weighted by molar-refractivity contribution is 5.89. The fraction of sp³-hybridized carbons (Fsp3) is 0.696. The summed E-state index contributed by atoms with van der Waals surface area (Å²) < 4.78 is 0. The number of rotatable bonds is 5. The molecule has 3 saturated carbocycles. The molecule has 1 aromatic rings. The Morgan fingerprint density at radius 3 is 2.54 bits per heavy atom. The minimum Gasteiger partial charge on any atom is -0.366 e. The van der Waals surface area contributed by atoms with E-state index in [1.165, 1.54) is 12.8 Å². The molecule has 1 aromatic carbocycles. The molecular formula is C23H32N2O3. The third-order valence-corrected chi connectivity index (χ3v) is 8.32. The van der Waals surface area contributed by atoms with Gasteiger partial charge in [-0.25, -0.2) is 0 Å². The molecule has 0 aromatic heterocycles. The number of piperidine rings is 1. The number of nitro benzene ring substituents is 1. The van der Waals surface area contributed by atoms with Gasteiger partial charge in [-0.15, -0.1) is 0 Å². The lowest BCUT2D eigenvalue weighted by molar-refractivity contribution is -0.384. The molecule has 1 aliphatic heterocycles. The normalized spacial score (nSPS) is 31.2. The number of benzene rings is 1. The van der Waals surface area contributed by atoms with Gasteiger partial charge < -0.3 is 4.90 Å². The van der Waals surface area contributed by atoms with E-state index in [1.807, 2.05) is 12.1 Å². The number of nitro groups is 1. The van der Waals surface area contributed by atoms with Gasteiger partial charge in [0, 0.05) is 31.0 Å². The second kappa shape index (κ2) is 6.85. The first-order valence-electron chi connectivity index (χ1n) is 10.8. The highest BCUT2D eigenvalue weighted by atomic mass is 16.6. The van der Waals surface area contributed by atoms with Crippen molar-refractivity contribution in [3.8, 4) is 0 Å². The zero-order valence-corrected chi connectivity index (χ0v) is 17.4. The fourth-order valence-corrected chi connectivity index (χ4v) is 6.46. The van der Waals surface area contributed by atoms with Crippen molar-refractivity contribution in [1.82, 2.24) is 0 Å². The summed E-state index contributed by atoms with van der Waals surface area (Å²) in [7, 11) is 0. The number of anilines is 1. The van der Waals surface area contributed by atoms with Crippen LogP contribution in [0.4, 0.5) is 11.4 Å². The lowest BCUT2D eigenvalue weighted by atomic mass is 9.35. The summed E-state index contributed by atoms with van der Waals surface area (Å²) in [5.41, 5.74) is 1.42. The maximum Gasteiger partial charge on any atom is 0.292 e. The Bertz CT molecular complexity index is 797. The van der Waals surface area contributed by atoms with Gasteiger partial charge in [-0.1, -0.05) is 26.8 Å². The van der Waals surface area contributed by atoms with Gasteiger partial charge in [0.15, 0.2) is 0 Å². The number of hydrogen-bond donors (Lipinski definition) is 0. The molecule has 5 rings (SSSR count). The molecule has 3 atom stereocenters. The summed E-state index contributed by atoms with van der Waals surface area (Å²) in [5, 5.41) is 11.7. The molecule has 4 fully saturated rings. The maximum absolute atomic E-state index is 13.4. The number of hydrogen-bond acceptors (Lipinski definition) is 4. The second-order valence-electron chi connectivity index (χ2n) is 9.80. The van der Waals surface area contributed by atoms with Crippen LogP contribution in [0.15, 0.2) is 18.2 Å². The number of ketones is 1. The quantitative estimate of drug-likeness (QED) is 0.520. The van der Waals surface area contributed by atoms with Crippen molar-refractivity contribution in [3.63, 3.8) is 0 Å². The van der Waals surface area contributed by atoms with Gasteiger partial charge in [-0.3, -0.25) is 14.9 Å². The van der Waals surface area contributed by atoms with Gasteiger partial charge in [-0.05, 0) is 67.4 Å². The highest BCUT2D eigenvalue weighted by Gasteiger charge is 2.67. The van der Waals surface area contributed by atoms with E-state index in [4.69, 9.17) is 0 Å². The molecule has 28 heavy (non-hydrogen) atoms. The predicted molar refractivity (Wildman–Crippen MR) is 111 cm³/mol. The average molecular weight is 385 g/mol. The van der Waals surface area contributed by atoms with Crippen molar-refractivity contribution in [2.24, 2.45) is 22.7 Å². The van der Waals surface area contributed by atoms with E-state index < -0.39 is 0 Å². The van der Waals surface area contributed by atoms with Crippen molar-refractivity contribution >= 4 is 17.2 Å². The molecular weight excluding hydrogens is 352 g/mol. The fourth-order valence-electron chi connectivity index (χ4n) is 6.46. The summed E-state index contributed by atoms with van der Waals surface area (Å²) in [6.45, 7) is 8.45. The Morgan fingerprint density at radius 2 is 1.93 bits per heavy atom. The van der Waals surface area contributed by atoms with Crippen molar-refractivity contribution in [3.05, 3.63) is 33.9 Å². The van der Waals surface area contributed by atoms with E-state index in [-0.39, 0.29) is 27.2 Å². The molecule has 1 heterocycles. The second-order valence-corrected chi connectivity index (χ2v) is 9.80. The molecule has 0 spiro atoms. The molecule has 3 aliphatic carbocycles. The van der Waals surface area contributed by atoms with Crippen molar-refractivity contribution in [1.29, 1.82) is 0 Å². The minimum absolute atomic E-state index is 0.0431. The van der Waals surface area contributed by atoms with E-state index in [0.717, 1.165) is 44.3 Å². The van der Waals surface area contributed by atoms with Crippen molar-refractivity contribution in [2.75, 3.05) is 18.0 Å². The summed E-state index contributed by atoms with van der Waals surface area (Å²) in [6.07, 6.45) is 6.98. The number of nitrogens with zero attached hydrogens (tertiary/aromatic N) is 2. The van der Waals surface area contributed by atoms with Crippen LogP contribution in [0, 0.1) is 32.8 Å². The molecule has 5 heteroatoms. The third kappa shape index (κ3) is 2.77. The van der Waals surface area contributed by atoms with E-state index >= 15 is 0 Å². The highest BCUT2D eigenvalue weighted by Crippen LogP contribution is 2.70. The average Bonchev–Trinajstić information content (AvgIpc) is 2.68. The topological polar surface area (TPSA) is 63.5 Å². The number of carbonyl (C=O) groups excluding carboxylic acids is 1. The lowest BCUT2D eigenvalue weighted by Crippen LogP contribution is -2.65. The summed E-state index contributed by atoms with van der Waals surface area (Å²) >= 11 is 0. The first-order chi connectivity index (χ1) is 13.3. The van der Waals surface area contributed by atoms with Crippen LogP contribution >= 0.6 is 0 Å². The largest absolute Gasteiger partial charge is 0.366 e. The molecule has 5 nitrogen and oxygen atoms in total. The molecule has 0 amide bonds. The molecule has 2 bridgehead atoms. The predicted octanol–water partition coefficient (Wildman–Crippen LogP) is 5.16. The Hall–Kier alpha value is -1.91. The Morgan fingerprint density at radius 1 is 1.21 bits per heavy atom. The molecule has 152 valence electrons. The Kier molecular flexibility index (Phi) is 4.75. The summed E-state index contributed by atoms with van der Waals surface area (Å²) in [4.78, 5) is 27.0. The van der Waals surface area contributed by atoms with Gasteiger partial charge >= 0.3 is 0 Å². The minimum atomic E-state index is -0.289. The van der Waals surface area contributed by atoms with E-state index in [2.05, 4.69) is 25.7 Å². The van der Waals surface area contributed by atoms with Crippen molar-refractivity contribution < 1.29 is 9.72 Å². The zero-order valence-electron chi connectivity index (χ0n) is 17.4. The van der Waals surface area contributed by atoms with Crippen LogP contribution in [0.25, 0.3) is 0 Å². The van der Waals surface area contributed by atoms with Gasteiger partial charge in [0.25, 0.3) is 5.69 Å². The number of fused-ring (bicyclic) bond motifs is 2. The van der Waals surface area contributed by atoms with Crippen LogP contribution in [0.2, 0.25) is 0 Å². The monoisotopic (exact) mass is 384 g/mol. The Labute approximate surface area is 167 Å². The molecule has 1 saturated heterocycles. The van der Waals surface area contributed by atoms with Crippen LogP contribution in [0.1, 0.15) is 64.9 Å². The van der Waals surface area contributed by atoms with Gasteiger partial charge in [-0.2, -0.15) is 0 Å². The first-order valence-corrected chi connectivity index (χ1v) is 10.8. The molecule has 3 unspecified atom stereocenters. The maximum atomic E-state index is 13.4. The van der Waals surface area contributed by atoms with E-state index in [9.17, 15) is 14.9 Å². The molecule has 4 aliphatic rings. The smallest absolute Gasteiger partial charge is 0.292 e. The number of Topliss-reactive ketones (excluding diaryl/α,β-unsaturated/α-hetero) is 1. The number of carbonyl (C=O) groups is 1. The first kappa shape index (κ1) is 19.4. The van der Waals surface area contributed by atoms with Crippen LogP contribution in [0.3, 0.4) is 0 Å². The SMILES string of the molecule is CC1CCC2CC1(C(=O)Cc1ccc(N3CCCCC3)c([N+](=O)[O-])c1)C2(C)C. The van der Waals surface area contributed by atoms with Gasteiger partial charge in [0.1, 0.15) is 11.5 Å². The molecule has 0 N–H and O–H groups in total.